The quantitative estimate of drug-likeness (QED) is 0.581. The van der Waals surface area contributed by atoms with Crippen molar-refractivity contribution in [2.75, 3.05) is 11.5 Å². The molecule has 1 unspecified atom stereocenters. The van der Waals surface area contributed by atoms with Gasteiger partial charge in [-0.3, -0.25) is 4.90 Å². The molecule has 3 aromatic heterocycles. The van der Waals surface area contributed by atoms with Gasteiger partial charge in [-0.25, -0.2) is 14.6 Å². The van der Waals surface area contributed by atoms with Gasteiger partial charge in [0.25, 0.3) is 0 Å². The summed E-state index contributed by atoms with van der Waals surface area (Å²) in [4.78, 5) is 34.0. The largest absolute Gasteiger partial charge is 0.467 e. The molecule has 0 saturated carbocycles. The zero-order valence-electron chi connectivity index (χ0n) is 15.3. The summed E-state index contributed by atoms with van der Waals surface area (Å²) in [6, 6.07) is 3.32. The molecular weight excluding hydrogens is 420 g/mol. The third-order valence-corrected chi connectivity index (χ3v) is 6.12. The van der Waals surface area contributed by atoms with E-state index in [0.29, 0.717) is 35.4 Å². The van der Waals surface area contributed by atoms with E-state index in [0.717, 1.165) is 15.3 Å². The van der Waals surface area contributed by atoms with E-state index >= 15 is 0 Å². The number of thiophene rings is 1. The average Bonchev–Trinajstić information content (AvgIpc) is 3.28. The number of ether oxygens (including phenoxy) is 1. The standard InChI is InChI=1S/C18H17ClN4O5S/c1-9-12(7-10-4-6-28-17(24)20-10)29-14-13(9)21-16(19)22-15(14)23(18(25)26)8-11-3-2-5-27-11/h2-3,5,10H,4,6-8H2,1H3,(H,20,24)(H,25,26). The molecule has 9 nitrogen and oxygen atoms in total. The Morgan fingerprint density at radius 1 is 1.48 bits per heavy atom. The Morgan fingerprint density at radius 2 is 2.31 bits per heavy atom. The van der Waals surface area contributed by atoms with Crippen LogP contribution in [0.2, 0.25) is 5.28 Å². The number of nitrogens with zero attached hydrogens (tertiary/aromatic N) is 3. The highest BCUT2D eigenvalue weighted by Gasteiger charge is 2.26. The molecule has 1 aliphatic rings. The van der Waals surface area contributed by atoms with Gasteiger partial charge in [0.2, 0.25) is 5.28 Å². The maximum absolute atomic E-state index is 11.9. The fourth-order valence-electron chi connectivity index (χ4n) is 3.21. The van der Waals surface area contributed by atoms with Crippen LogP contribution in [0, 0.1) is 6.92 Å². The summed E-state index contributed by atoms with van der Waals surface area (Å²) >= 11 is 7.51. The molecular formula is C18H17ClN4O5S. The number of alkyl carbamates (subject to hydrolysis) is 1. The summed E-state index contributed by atoms with van der Waals surface area (Å²) in [6.45, 7) is 2.26. The van der Waals surface area contributed by atoms with E-state index in [1.807, 2.05) is 6.92 Å². The van der Waals surface area contributed by atoms with Gasteiger partial charge in [-0.2, -0.15) is 4.98 Å². The van der Waals surface area contributed by atoms with Crippen LogP contribution in [0.3, 0.4) is 0 Å². The van der Waals surface area contributed by atoms with Gasteiger partial charge in [-0.1, -0.05) is 0 Å². The molecule has 3 aromatic rings. The Labute approximate surface area is 174 Å². The first-order valence-electron chi connectivity index (χ1n) is 8.84. The number of fused-ring (bicyclic) bond motifs is 1. The van der Waals surface area contributed by atoms with Crippen molar-refractivity contribution in [3.8, 4) is 0 Å². The summed E-state index contributed by atoms with van der Waals surface area (Å²) < 4.78 is 10.8. The monoisotopic (exact) mass is 436 g/mol. The Bertz CT molecular complexity index is 1070. The number of nitrogens with one attached hydrogen (secondary N) is 1. The first-order valence-corrected chi connectivity index (χ1v) is 10.0. The highest BCUT2D eigenvalue weighted by atomic mass is 35.5. The maximum atomic E-state index is 11.9. The van der Waals surface area contributed by atoms with Gasteiger partial charge in [0, 0.05) is 23.8 Å². The number of cyclic esters (lactones) is 1. The Balaban J connectivity index is 1.73. The molecule has 2 N–H and O–H groups in total. The van der Waals surface area contributed by atoms with E-state index in [1.54, 1.807) is 12.1 Å². The molecule has 29 heavy (non-hydrogen) atoms. The lowest BCUT2D eigenvalue weighted by Crippen LogP contribution is -2.42. The van der Waals surface area contributed by atoms with Crippen LogP contribution in [0.15, 0.2) is 22.8 Å². The number of carbonyl (C=O) groups is 2. The normalized spacial score (nSPS) is 16.5. The lowest BCUT2D eigenvalue weighted by molar-refractivity contribution is 0.115. The lowest BCUT2D eigenvalue weighted by Gasteiger charge is -2.23. The van der Waals surface area contributed by atoms with Crippen LogP contribution in [0.4, 0.5) is 15.4 Å². The SMILES string of the molecule is Cc1c(CC2CCOC(=O)N2)sc2c(N(Cc3ccco3)C(=O)O)nc(Cl)nc12. The van der Waals surface area contributed by atoms with Crippen molar-refractivity contribution in [2.45, 2.75) is 32.4 Å². The van der Waals surface area contributed by atoms with Crippen LogP contribution in [0.1, 0.15) is 22.6 Å². The van der Waals surface area contributed by atoms with Gasteiger partial charge < -0.3 is 19.6 Å². The predicted octanol–water partition coefficient (Wildman–Crippen LogP) is 3.97. The second kappa shape index (κ2) is 7.88. The van der Waals surface area contributed by atoms with E-state index < -0.39 is 12.2 Å². The van der Waals surface area contributed by atoms with Crippen LogP contribution >= 0.6 is 22.9 Å². The number of anilines is 1. The molecule has 1 fully saturated rings. The molecule has 1 saturated heterocycles. The minimum atomic E-state index is -1.18. The zero-order valence-corrected chi connectivity index (χ0v) is 16.9. The smallest absolute Gasteiger partial charge is 0.413 e. The van der Waals surface area contributed by atoms with Gasteiger partial charge in [0.15, 0.2) is 5.82 Å². The minimum Gasteiger partial charge on any atom is -0.467 e. The molecule has 0 bridgehead atoms. The van der Waals surface area contributed by atoms with Crippen LogP contribution in [0.25, 0.3) is 10.2 Å². The lowest BCUT2D eigenvalue weighted by atomic mass is 10.1. The van der Waals surface area contributed by atoms with E-state index in [9.17, 15) is 14.7 Å². The number of hydrogen-bond acceptors (Lipinski definition) is 7. The summed E-state index contributed by atoms with van der Waals surface area (Å²) in [5, 5.41) is 12.5. The fraction of sp³-hybridized carbons (Fsp3) is 0.333. The molecule has 11 heteroatoms. The van der Waals surface area contributed by atoms with Gasteiger partial charge >= 0.3 is 12.2 Å². The van der Waals surface area contributed by atoms with Crippen molar-refractivity contribution >= 4 is 51.2 Å². The Hall–Kier alpha value is -2.85. The number of hydrogen-bond donors (Lipinski definition) is 2. The molecule has 1 aliphatic heterocycles. The van der Waals surface area contributed by atoms with Gasteiger partial charge in [0.1, 0.15) is 5.76 Å². The molecule has 0 spiro atoms. The number of carboxylic acid groups (broad SMARTS) is 1. The highest BCUT2D eigenvalue weighted by molar-refractivity contribution is 7.19. The number of furan rings is 1. The molecule has 2 amide bonds. The number of aryl methyl sites for hydroxylation is 1. The third-order valence-electron chi connectivity index (χ3n) is 4.65. The van der Waals surface area contributed by atoms with Crippen LogP contribution in [-0.4, -0.2) is 39.9 Å². The Kier molecular flexibility index (Phi) is 5.29. The van der Waals surface area contributed by atoms with Crippen LogP contribution in [0.5, 0.6) is 0 Å². The molecule has 0 radical (unpaired) electrons. The maximum Gasteiger partial charge on any atom is 0.413 e. The first-order chi connectivity index (χ1) is 13.9. The fourth-order valence-corrected chi connectivity index (χ4v) is 4.70. The van der Waals surface area contributed by atoms with Crippen LogP contribution in [-0.2, 0) is 17.7 Å². The third kappa shape index (κ3) is 3.99. The Morgan fingerprint density at radius 3 is 3.00 bits per heavy atom. The van der Waals surface area contributed by atoms with Crippen molar-refractivity contribution in [3.63, 3.8) is 0 Å². The van der Waals surface area contributed by atoms with Crippen molar-refractivity contribution in [1.82, 2.24) is 15.3 Å². The van der Waals surface area contributed by atoms with Crippen LogP contribution < -0.4 is 10.2 Å². The molecule has 0 aromatic carbocycles. The minimum absolute atomic E-state index is 0.00687. The number of amides is 2. The summed E-state index contributed by atoms with van der Waals surface area (Å²) in [7, 11) is 0. The molecule has 4 heterocycles. The van der Waals surface area contributed by atoms with E-state index in [1.165, 1.54) is 17.6 Å². The number of rotatable bonds is 5. The van der Waals surface area contributed by atoms with Crippen molar-refractivity contribution in [1.29, 1.82) is 0 Å². The zero-order chi connectivity index (χ0) is 20.5. The van der Waals surface area contributed by atoms with E-state index in [2.05, 4.69) is 15.3 Å². The number of halogens is 1. The molecule has 1 atom stereocenters. The van der Waals surface area contributed by atoms with E-state index in [4.69, 9.17) is 20.8 Å². The average molecular weight is 437 g/mol. The predicted molar refractivity (Wildman–Crippen MR) is 107 cm³/mol. The van der Waals surface area contributed by atoms with E-state index in [-0.39, 0.29) is 23.7 Å². The second-order valence-corrected chi connectivity index (χ2v) is 8.01. The summed E-state index contributed by atoms with van der Waals surface area (Å²) in [5.41, 5.74) is 1.49. The van der Waals surface area contributed by atoms with Crippen molar-refractivity contribution in [2.24, 2.45) is 0 Å². The van der Waals surface area contributed by atoms with Crippen molar-refractivity contribution in [3.05, 3.63) is 39.9 Å². The highest BCUT2D eigenvalue weighted by Crippen LogP contribution is 2.37. The topological polar surface area (TPSA) is 118 Å². The number of aromatic nitrogens is 2. The van der Waals surface area contributed by atoms with Crippen molar-refractivity contribution < 1.29 is 23.8 Å². The molecule has 0 aliphatic carbocycles. The second-order valence-electron chi connectivity index (χ2n) is 6.56. The summed E-state index contributed by atoms with van der Waals surface area (Å²) in [5.74, 6) is 0.688. The number of carbonyl (C=O) groups excluding carboxylic acids is 1. The van der Waals surface area contributed by atoms with Gasteiger partial charge in [-0.15, -0.1) is 11.3 Å². The van der Waals surface area contributed by atoms with Gasteiger partial charge in [0.05, 0.1) is 29.6 Å². The molecule has 4 rings (SSSR count). The van der Waals surface area contributed by atoms with Gasteiger partial charge in [-0.05, 0) is 36.2 Å². The molecule has 152 valence electrons. The summed E-state index contributed by atoms with van der Waals surface area (Å²) in [6.07, 6.45) is 1.15. The first kappa shape index (κ1) is 19.5.